The number of nitrogens with two attached hydrogens (primary N) is 1. The molecule has 25 heteroatoms. The van der Waals surface area contributed by atoms with Crippen LogP contribution in [-0.4, -0.2) is 132 Å². The first-order valence-electron chi connectivity index (χ1n) is 27.7. The topological polar surface area (TPSA) is 312 Å². The smallest absolute Gasteiger partial charge is 0.470 e. The third-order valence-corrected chi connectivity index (χ3v) is 16.7. The monoisotopic (exact) mass is 1170 g/mol. The molecule has 1 saturated heterocycles. The van der Waals surface area contributed by atoms with Gasteiger partial charge < -0.3 is 64.8 Å². The van der Waals surface area contributed by atoms with Crippen molar-refractivity contribution >= 4 is 72.8 Å². The Morgan fingerprint density at radius 2 is 1.63 bits per heavy atom. The number of unbranched alkanes of at least 4 members (excludes halogenated alkanes) is 3. The van der Waals surface area contributed by atoms with E-state index in [1.165, 1.54) is 15.7 Å². The maximum Gasteiger partial charge on any atom is 0.470 e. The van der Waals surface area contributed by atoms with Crippen LogP contribution in [0.15, 0.2) is 67.0 Å². The predicted octanol–water partition coefficient (Wildman–Crippen LogP) is 5.34. The predicted molar refractivity (Wildman–Crippen MR) is 309 cm³/mol. The van der Waals surface area contributed by atoms with Gasteiger partial charge >= 0.3 is 7.82 Å². The van der Waals surface area contributed by atoms with Gasteiger partial charge in [-0.1, -0.05) is 37.1 Å². The normalized spacial score (nSPS) is 20.4. The molecule has 5 atom stereocenters. The number of carbonyl (C=O) groups excluding carboxylic acids is 2. The van der Waals surface area contributed by atoms with Gasteiger partial charge in [0.05, 0.1) is 18.2 Å². The zero-order chi connectivity index (χ0) is 59.2. The van der Waals surface area contributed by atoms with Crippen molar-refractivity contribution in [3.05, 3.63) is 105 Å². The number of phosphoric acid groups is 2. The largest absolute Gasteiger partial charge is 0.756 e. The van der Waals surface area contributed by atoms with E-state index in [-0.39, 0.29) is 52.2 Å². The molecule has 9 rings (SSSR count). The molecule has 82 heavy (non-hydrogen) atoms. The number of rotatable bonds is 22. The van der Waals surface area contributed by atoms with Crippen LogP contribution in [0.4, 0.5) is 17.5 Å². The summed E-state index contributed by atoms with van der Waals surface area (Å²) in [6.45, 7) is 19.4. The molecular formula is C57H74N10O13P2. The van der Waals surface area contributed by atoms with Crippen molar-refractivity contribution in [2.24, 2.45) is 0 Å². The number of benzene rings is 3. The lowest BCUT2D eigenvalue weighted by Gasteiger charge is -2.43. The second kappa shape index (κ2) is 23.7. The molecule has 5 aromatic rings. The fraction of sp³-hybridized carbons (Fsp3) is 0.474. The number of anilines is 3. The summed E-state index contributed by atoms with van der Waals surface area (Å²) in [4.78, 5) is 84.4. The number of nitrogens with one attached hydrogen (secondary N) is 2. The number of amides is 2. The quantitative estimate of drug-likeness (QED) is 0.0256. The van der Waals surface area contributed by atoms with E-state index in [2.05, 4.69) is 131 Å². The van der Waals surface area contributed by atoms with Gasteiger partial charge in [-0.25, -0.2) is 24.1 Å². The first-order chi connectivity index (χ1) is 38.7. The first kappa shape index (κ1) is 60.2. The lowest BCUT2D eigenvalue weighted by Crippen LogP contribution is -2.49. The van der Waals surface area contributed by atoms with Crippen LogP contribution < -0.4 is 46.0 Å². The molecule has 440 valence electrons. The lowest BCUT2D eigenvalue weighted by molar-refractivity contribution is -0.222. The lowest BCUT2D eigenvalue weighted by atomic mass is 9.83. The molecular weight excluding hydrogens is 1090 g/mol. The molecule has 4 aliphatic heterocycles. The Bertz CT molecular complexity index is 3610. The molecule has 0 saturated carbocycles. The molecule has 23 nitrogen and oxygen atoms in total. The van der Waals surface area contributed by atoms with Crippen LogP contribution in [0.3, 0.4) is 0 Å². The highest BCUT2D eigenvalue weighted by Crippen LogP contribution is 2.49. The molecule has 1 unspecified atom stereocenters. The molecule has 2 amide bonds. The third kappa shape index (κ3) is 12.5. The molecule has 0 radical (unpaired) electrons. The molecule has 8 N–H and O–H groups in total. The van der Waals surface area contributed by atoms with Gasteiger partial charge in [-0.3, -0.25) is 23.2 Å². The number of fused-ring (bicyclic) bond motifs is 5. The standard InChI is InChI=1S/C57H74N10O13P2/c1-10-65-41-27-43-39(25-37(41)33(3)29-56(65,5)6)47(40-26-38-34(4)30-57(7,8)66(11-2)42(38)28-44(40)78-43)35-19-14-15-20-36(35)53(70)64(9)24-18-21-46(68)59-22-16-12-13-17-23-60-55-63-48-51(58)61-32-62-52(48)67(55)54-50(80-82(74,75)76)49(69)45(79-54)31-77-81(71,72)73/h14-15,19-20,25-30,32,45,49-50,54,58,69H,10-13,16-18,21-24,31H2,1-9H3,(H6,59,68,70,71,72,73,74,75,76)/t45-,49-,50-,54-/m1/s1. The van der Waals surface area contributed by atoms with Crippen molar-refractivity contribution in [3.63, 3.8) is 0 Å². The summed E-state index contributed by atoms with van der Waals surface area (Å²) in [6, 6.07) is 16.6. The number of allylic oxidation sites excluding steroid dienone is 2. The van der Waals surface area contributed by atoms with E-state index in [1.54, 1.807) is 11.9 Å². The first-order valence-corrected chi connectivity index (χ1v) is 30.7. The van der Waals surface area contributed by atoms with Gasteiger partial charge in [0.15, 0.2) is 28.7 Å². The van der Waals surface area contributed by atoms with Crippen molar-refractivity contribution in [3.8, 4) is 11.5 Å². The minimum Gasteiger partial charge on any atom is -0.756 e. The molecule has 4 aliphatic rings. The second-order valence-corrected chi connectivity index (χ2v) is 24.7. The Morgan fingerprint density at radius 1 is 0.915 bits per heavy atom. The SMILES string of the molecule is CCN1c2cc3c(cc2C(C)=CC1(C)C)C(c1ccccc1C(=O)N(C)CCCC(=O)NCCCCCCNc1nc2c(N)ncnc2n1[C@@H]1O[C@H](COP(=O)([O-])O)[C@@H](O)[C@H]1OP(=O)(O)O)=c1cc2c(cc1O3)=[N+](CC)C(C)(C)C=C2C. The maximum atomic E-state index is 14.7. The number of nitrogen functional groups attached to an aromatic ring is 1. The fourth-order valence-electron chi connectivity index (χ4n) is 12.1. The summed E-state index contributed by atoms with van der Waals surface area (Å²) < 4.78 is 49.1. The van der Waals surface area contributed by atoms with Crippen molar-refractivity contribution < 1.29 is 61.9 Å². The summed E-state index contributed by atoms with van der Waals surface area (Å²) >= 11 is 0. The van der Waals surface area contributed by atoms with Gasteiger partial charge in [0, 0.05) is 98.3 Å². The van der Waals surface area contributed by atoms with E-state index in [0.29, 0.717) is 44.5 Å². The van der Waals surface area contributed by atoms with E-state index in [4.69, 9.17) is 24.6 Å². The number of aliphatic hydroxyl groups excluding tert-OH is 1. The Balaban J connectivity index is 0.832. The van der Waals surface area contributed by atoms with E-state index in [1.807, 2.05) is 24.3 Å². The highest BCUT2D eigenvalue weighted by molar-refractivity contribution is 7.46. The van der Waals surface area contributed by atoms with Crippen LogP contribution in [-0.2, 0) is 27.7 Å². The van der Waals surface area contributed by atoms with E-state index >= 15 is 0 Å². The molecule has 2 aromatic heterocycles. The number of ether oxygens (including phenoxy) is 2. The van der Waals surface area contributed by atoms with Crippen LogP contribution in [0.1, 0.15) is 133 Å². The van der Waals surface area contributed by atoms with Crippen LogP contribution in [0, 0.1) is 0 Å². The summed E-state index contributed by atoms with van der Waals surface area (Å²) in [5.74, 6) is 1.20. The minimum atomic E-state index is -5.27. The Morgan fingerprint density at radius 3 is 2.34 bits per heavy atom. The number of aliphatic hydroxyl groups is 1. The zero-order valence-corrected chi connectivity index (χ0v) is 49.5. The van der Waals surface area contributed by atoms with Gasteiger partial charge in [0.1, 0.15) is 42.7 Å². The molecule has 3 aromatic carbocycles. The number of hydrogen-bond acceptors (Lipinski definition) is 16. The molecule has 6 heterocycles. The summed E-state index contributed by atoms with van der Waals surface area (Å²) in [7, 11) is -8.77. The molecule has 1 fully saturated rings. The van der Waals surface area contributed by atoms with Crippen LogP contribution in [0.5, 0.6) is 11.5 Å². The second-order valence-electron chi connectivity index (χ2n) is 22.3. The molecule has 0 bridgehead atoms. The Hall–Kier alpha value is -6.36. The van der Waals surface area contributed by atoms with E-state index < -0.39 is 46.8 Å². The summed E-state index contributed by atoms with van der Waals surface area (Å²) in [6.07, 6.45) is 2.47. The summed E-state index contributed by atoms with van der Waals surface area (Å²) in [5, 5.41) is 19.1. The number of imidazole rings is 1. The number of likely N-dealkylation sites (N-methyl/N-ethyl adjacent to an activating group) is 2. The average molecular weight is 1170 g/mol. The number of aromatic nitrogens is 4. The Kier molecular flexibility index (Phi) is 17.4. The van der Waals surface area contributed by atoms with Crippen molar-refractivity contribution in [2.75, 3.05) is 62.3 Å². The fourth-order valence-corrected chi connectivity index (χ4v) is 12.9. The van der Waals surface area contributed by atoms with Crippen LogP contribution in [0.2, 0.25) is 0 Å². The highest BCUT2D eigenvalue weighted by Gasteiger charge is 2.50. The highest BCUT2D eigenvalue weighted by atomic mass is 31.2. The molecule has 0 aliphatic carbocycles. The number of nitrogens with zero attached hydrogens (tertiary/aromatic N) is 7. The van der Waals surface area contributed by atoms with Gasteiger partial charge in [-0.2, -0.15) is 0 Å². The van der Waals surface area contributed by atoms with Crippen molar-refractivity contribution in [1.82, 2.24) is 34.3 Å². The maximum absolute atomic E-state index is 14.7. The van der Waals surface area contributed by atoms with Gasteiger partial charge in [0.2, 0.25) is 17.2 Å². The number of phosphoric ester groups is 2. The summed E-state index contributed by atoms with van der Waals surface area (Å²) in [5.41, 5.74) is 14.7. The number of carbonyl (C=O) groups is 2. The Labute approximate surface area is 476 Å². The molecule has 0 spiro atoms. The van der Waals surface area contributed by atoms with Crippen LogP contribution in [0.25, 0.3) is 27.9 Å². The third-order valence-electron chi connectivity index (χ3n) is 15.7. The number of hydrogen-bond donors (Lipinski definition) is 7. The van der Waals surface area contributed by atoms with Gasteiger partial charge in [-0.15, -0.1) is 0 Å². The zero-order valence-electron chi connectivity index (χ0n) is 47.7. The van der Waals surface area contributed by atoms with Gasteiger partial charge in [0.25, 0.3) is 13.7 Å². The van der Waals surface area contributed by atoms with Gasteiger partial charge in [-0.05, 0) is 102 Å². The van der Waals surface area contributed by atoms with Crippen molar-refractivity contribution in [1.29, 1.82) is 0 Å². The average Bonchev–Trinajstić information content (AvgIpc) is 1.27. The van der Waals surface area contributed by atoms with Crippen LogP contribution >= 0.6 is 15.6 Å². The van der Waals surface area contributed by atoms with Crippen molar-refractivity contribution in [2.45, 2.75) is 130 Å². The van der Waals surface area contributed by atoms with E-state index in [0.717, 1.165) is 87.8 Å². The van der Waals surface area contributed by atoms with E-state index in [9.17, 15) is 38.5 Å². The minimum absolute atomic E-state index is 0.0318.